The highest BCUT2D eigenvalue weighted by Gasteiger charge is 2.11. The van der Waals surface area contributed by atoms with Crippen molar-refractivity contribution < 1.29 is 0 Å². The van der Waals surface area contributed by atoms with Crippen molar-refractivity contribution in [2.45, 2.75) is 40.2 Å². The van der Waals surface area contributed by atoms with Gasteiger partial charge >= 0.3 is 0 Å². The van der Waals surface area contributed by atoms with Crippen molar-refractivity contribution in [1.29, 1.82) is 0 Å². The molecule has 1 rings (SSSR count). The Hall–Kier alpha value is -1.35. The molecule has 0 aliphatic heterocycles. The fourth-order valence-electron chi connectivity index (χ4n) is 2.04. The minimum Gasteiger partial charge on any atom is -0.353 e. The summed E-state index contributed by atoms with van der Waals surface area (Å²) in [6.45, 7) is 15.3. The number of hydrogen-bond acceptors (Lipinski definition) is 3. The maximum atomic E-state index is 4.80. The van der Waals surface area contributed by atoms with Gasteiger partial charge in [-0.2, -0.15) is 0 Å². The summed E-state index contributed by atoms with van der Waals surface area (Å²) in [5.74, 6) is 1.50. The van der Waals surface area contributed by atoms with E-state index in [1.165, 1.54) is 5.56 Å². The lowest BCUT2D eigenvalue weighted by molar-refractivity contribution is 0.772. The standard InChI is InChI=1S/C16H27N3/c1-7-19(11-12(2)3)16-9-14(10-17-6)8-15(18-16)13(4)5/h8-9,13,17H,2,7,10-11H2,1,3-6H3. The molecule has 0 aliphatic carbocycles. The molecule has 3 heteroatoms. The van der Waals surface area contributed by atoms with Gasteiger partial charge in [-0.05, 0) is 44.5 Å². The van der Waals surface area contributed by atoms with Crippen molar-refractivity contribution in [2.24, 2.45) is 0 Å². The van der Waals surface area contributed by atoms with Crippen LogP contribution in [0.15, 0.2) is 24.3 Å². The second kappa shape index (κ2) is 7.29. The number of aromatic nitrogens is 1. The van der Waals surface area contributed by atoms with Crippen LogP contribution in [0.5, 0.6) is 0 Å². The van der Waals surface area contributed by atoms with Crippen LogP contribution in [-0.4, -0.2) is 25.1 Å². The zero-order chi connectivity index (χ0) is 14.4. The molecule has 0 bridgehead atoms. The van der Waals surface area contributed by atoms with Crippen LogP contribution >= 0.6 is 0 Å². The average Bonchev–Trinajstić information content (AvgIpc) is 2.35. The number of likely N-dealkylation sites (N-methyl/N-ethyl adjacent to an activating group) is 1. The molecule has 1 heterocycles. The first-order valence-corrected chi connectivity index (χ1v) is 7.02. The Morgan fingerprint density at radius 3 is 2.58 bits per heavy atom. The minimum atomic E-state index is 0.444. The average molecular weight is 261 g/mol. The lowest BCUT2D eigenvalue weighted by atomic mass is 10.1. The summed E-state index contributed by atoms with van der Waals surface area (Å²) >= 11 is 0. The first-order chi connectivity index (χ1) is 8.97. The third-order valence-corrected chi connectivity index (χ3v) is 3.03. The van der Waals surface area contributed by atoms with Gasteiger partial charge in [0.05, 0.1) is 0 Å². The van der Waals surface area contributed by atoms with Gasteiger partial charge in [0.25, 0.3) is 0 Å². The summed E-state index contributed by atoms with van der Waals surface area (Å²) in [7, 11) is 1.97. The molecule has 1 aromatic heterocycles. The van der Waals surface area contributed by atoms with Crippen molar-refractivity contribution in [3.63, 3.8) is 0 Å². The largest absolute Gasteiger partial charge is 0.353 e. The molecular formula is C16H27N3. The molecule has 19 heavy (non-hydrogen) atoms. The highest BCUT2D eigenvalue weighted by atomic mass is 15.2. The summed E-state index contributed by atoms with van der Waals surface area (Å²) in [4.78, 5) is 7.07. The Kier molecular flexibility index (Phi) is 6.03. The lowest BCUT2D eigenvalue weighted by Crippen LogP contribution is -2.26. The van der Waals surface area contributed by atoms with E-state index < -0.39 is 0 Å². The Balaban J connectivity index is 3.12. The van der Waals surface area contributed by atoms with E-state index in [2.05, 4.69) is 56.6 Å². The van der Waals surface area contributed by atoms with Crippen LogP contribution < -0.4 is 10.2 Å². The monoisotopic (exact) mass is 261 g/mol. The van der Waals surface area contributed by atoms with Gasteiger partial charge < -0.3 is 10.2 Å². The molecule has 0 aromatic carbocycles. The molecule has 0 saturated heterocycles. The zero-order valence-corrected chi connectivity index (χ0v) is 13.0. The van der Waals surface area contributed by atoms with Crippen LogP contribution in [0, 0.1) is 0 Å². The van der Waals surface area contributed by atoms with Gasteiger partial charge in [-0.3, -0.25) is 0 Å². The van der Waals surface area contributed by atoms with Crippen molar-refractivity contribution >= 4 is 5.82 Å². The lowest BCUT2D eigenvalue weighted by Gasteiger charge is -2.24. The van der Waals surface area contributed by atoms with Gasteiger partial charge in [0.2, 0.25) is 0 Å². The van der Waals surface area contributed by atoms with Crippen LogP contribution in [0.2, 0.25) is 0 Å². The summed E-state index contributed by atoms with van der Waals surface area (Å²) in [6.07, 6.45) is 0. The second-order valence-electron chi connectivity index (χ2n) is 5.41. The smallest absolute Gasteiger partial charge is 0.129 e. The van der Waals surface area contributed by atoms with Crippen LogP contribution in [0.1, 0.15) is 44.9 Å². The Bertz CT molecular complexity index is 424. The number of nitrogens with one attached hydrogen (secondary N) is 1. The molecule has 0 fully saturated rings. The van der Waals surface area contributed by atoms with Gasteiger partial charge in [-0.15, -0.1) is 0 Å². The molecule has 1 N–H and O–H groups in total. The number of nitrogens with zero attached hydrogens (tertiary/aromatic N) is 2. The summed E-state index contributed by atoms with van der Waals surface area (Å²) < 4.78 is 0. The van der Waals surface area contributed by atoms with E-state index in [9.17, 15) is 0 Å². The highest BCUT2D eigenvalue weighted by Crippen LogP contribution is 2.21. The normalized spacial score (nSPS) is 10.8. The maximum absolute atomic E-state index is 4.80. The van der Waals surface area contributed by atoms with E-state index in [1.54, 1.807) is 0 Å². The molecule has 106 valence electrons. The van der Waals surface area contributed by atoms with Crippen molar-refractivity contribution in [2.75, 3.05) is 25.0 Å². The molecule has 0 radical (unpaired) electrons. The maximum Gasteiger partial charge on any atom is 0.129 e. The SMILES string of the molecule is C=C(C)CN(CC)c1cc(CNC)cc(C(C)C)n1. The van der Waals surface area contributed by atoms with Gasteiger partial charge in [-0.1, -0.05) is 26.0 Å². The zero-order valence-electron chi connectivity index (χ0n) is 13.0. The second-order valence-corrected chi connectivity index (χ2v) is 5.41. The predicted octanol–water partition coefficient (Wildman–Crippen LogP) is 3.33. The third kappa shape index (κ3) is 4.67. The number of anilines is 1. The van der Waals surface area contributed by atoms with Gasteiger partial charge in [0.15, 0.2) is 0 Å². The quantitative estimate of drug-likeness (QED) is 0.763. The molecule has 0 atom stereocenters. The van der Waals surface area contributed by atoms with E-state index in [0.29, 0.717) is 5.92 Å². The molecule has 0 amide bonds. The van der Waals surface area contributed by atoms with Crippen molar-refractivity contribution in [3.8, 4) is 0 Å². The van der Waals surface area contributed by atoms with Crippen LogP contribution in [-0.2, 0) is 6.54 Å². The first-order valence-electron chi connectivity index (χ1n) is 7.02. The minimum absolute atomic E-state index is 0.444. The topological polar surface area (TPSA) is 28.2 Å². The Labute approximate surface area is 117 Å². The number of rotatable bonds is 7. The van der Waals surface area contributed by atoms with Crippen molar-refractivity contribution in [1.82, 2.24) is 10.3 Å². The Morgan fingerprint density at radius 1 is 1.42 bits per heavy atom. The summed E-state index contributed by atoms with van der Waals surface area (Å²) in [5, 5.41) is 3.21. The van der Waals surface area contributed by atoms with E-state index >= 15 is 0 Å². The molecule has 0 unspecified atom stereocenters. The fraction of sp³-hybridized carbons (Fsp3) is 0.562. The summed E-state index contributed by atoms with van der Waals surface area (Å²) in [5.41, 5.74) is 3.60. The number of pyridine rings is 1. The predicted molar refractivity (Wildman–Crippen MR) is 83.8 cm³/mol. The number of hydrogen-bond donors (Lipinski definition) is 1. The highest BCUT2D eigenvalue weighted by molar-refractivity contribution is 5.44. The molecule has 0 spiro atoms. The van der Waals surface area contributed by atoms with E-state index in [1.807, 2.05) is 7.05 Å². The van der Waals surface area contributed by atoms with E-state index in [4.69, 9.17) is 4.98 Å². The fourth-order valence-corrected chi connectivity index (χ4v) is 2.04. The van der Waals surface area contributed by atoms with Gasteiger partial charge in [-0.25, -0.2) is 4.98 Å². The third-order valence-electron chi connectivity index (χ3n) is 3.03. The van der Waals surface area contributed by atoms with Crippen LogP contribution in [0.3, 0.4) is 0 Å². The van der Waals surface area contributed by atoms with E-state index in [-0.39, 0.29) is 0 Å². The van der Waals surface area contributed by atoms with Gasteiger partial charge in [0.1, 0.15) is 5.82 Å². The molecule has 3 nitrogen and oxygen atoms in total. The Morgan fingerprint density at radius 2 is 2.11 bits per heavy atom. The van der Waals surface area contributed by atoms with Gasteiger partial charge in [0, 0.05) is 25.3 Å². The van der Waals surface area contributed by atoms with Crippen LogP contribution in [0.4, 0.5) is 5.82 Å². The molecular weight excluding hydrogens is 234 g/mol. The van der Waals surface area contributed by atoms with Crippen molar-refractivity contribution in [3.05, 3.63) is 35.5 Å². The summed E-state index contributed by atoms with van der Waals surface area (Å²) in [6, 6.07) is 4.37. The first kappa shape index (κ1) is 15.7. The molecule has 1 aromatic rings. The molecule has 0 aliphatic rings. The van der Waals surface area contributed by atoms with Crippen LogP contribution in [0.25, 0.3) is 0 Å². The van der Waals surface area contributed by atoms with E-state index in [0.717, 1.165) is 36.7 Å². The molecule has 0 saturated carbocycles.